The van der Waals surface area contributed by atoms with Crippen LogP contribution >= 0.6 is 0 Å². The minimum atomic E-state index is -2.25. The molecule has 5 atom stereocenters. The van der Waals surface area contributed by atoms with Crippen LogP contribution < -0.4 is 11.1 Å². The van der Waals surface area contributed by atoms with Gasteiger partial charge in [-0.15, -0.1) is 0 Å². The summed E-state index contributed by atoms with van der Waals surface area (Å²) in [5.41, 5.74) is 3.36. The van der Waals surface area contributed by atoms with Gasteiger partial charge in [0.25, 0.3) is 11.6 Å². The zero-order valence-corrected chi connectivity index (χ0v) is 14.4. The summed E-state index contributed by atoms with van der Waals surface area (Å²) < 4.78 is 11.5. The number of epoxide rings is 1. The van der Waals surface area contributed by atoms with Crippen LogP contribution in [0.4, 0.5) is 5.82 Å². The van der Waals surface area contributed by atoms with E-state index in [2.05, 4.69) is 20.3 Å². The van der Waals surface area contributed by atoms with Gasteiger partial charge in [0.15, 0.2) is 17.0 Å². The highest BCUT2D eigenvalue weighted by molar-refractivity contribution is 5.97. The molecule has 0 aromatic carbocycles. The van der Waals surface area contributed by atoms with E-state index in [4.69, 9.17) is 15.2 Å². The average molecular weight is 394 g/mol. The second kappa shape index (κ2) is 6.72. The van der Waals surface area contributed by atoms with E-state index in [1.54, 1.807) is 0 Å². The van der Waals surface area contributed by atoms with Crippen molar-refractivity contribution in [1.82, 2.24) is 19.5 Å². The number of nitrogens with one attached hydrogen (secondary N) is 1. The van der Waals surface area contributed by atoms with Crippen LogP contribution in [0, 0.1) is 0 Å². The topological polar surface area (TPSA) is 198 Å². The Bertz CT molecular complexity index is 931. The molecule has 0 aliphatic carbocycles. The van der Waals surface area contributed by atoms with Crippen molar-refractivity contribution in [3.05, 3.63) is 12.7 Å². The molecular weight excluding hydrogens is 376 g/mol. The molecular formula is C15H18N6O7. The third-order valence-electron chi connectivity index (χ3n) is 4.73. The minimum absolute atomic E-state index is 0.0246. The Hall–Kier alpha value is -2.71. The molecule has 6 N–H and O–H groups in total. The lowest BCUT2D eigenvalue weighted by Crippen LogP contribution is -2.54. The minimum Gasteiger partial charge on any atom is -0.394 e. The first kappa shape index (κ1) is 18.6. The lowest BCUT2D eigenvalue weighted by atomic mass is 10.0. The van der Waals surface area contributed by atoms with Gasteiger partial charge in [0, 0.05) is 0 Å². The Morgan fingerprint density at radius 2 is 2.11 bits per heavy atom. The Balaban J connectivity index is 1.75. The Morgan fingerprint density at radius 3 is 2.71 bits per heavy atom. The van der Waals surface area contributed by atoms with Crippen molar-refractivity contribution in [1.29, 1.82) is 0 Å². The first-order valence-electron chi connectivity index (χ1n) is 8.43. The van der Waals surface area contributed by atoms with Crippen molar-refractivity contribution in [3.8, 4) is 0 Å². The van der Waals surface area contributed by atoms with Gasteiger partial charge in [-0.25, -0.2) is 15.0 Å². The molecule has 4 rings (SSSR count). The number of primary amides is 1. The molecule has 2 aromatic rings. The number of carbonyl (C=O) groups excluding carboxylic acids is 2. The number of aromatic nitrogens is 4. The predicted octanol–water partition coefficient (Wildman–Crippen LogP) is -3.20. The van der Waals surface area contributed by atoms with Crippen LogP contribution in [0.1, 0.15) is 6.42 Å². The molecule has 13 nitrogen and oxygen atoms in total. The normalized spacial score (nSPS) is 31.8. The number of aliphatic hydroxyl groups is 3. The quantitative estimate of drug-likeness (QED) is 0.311. The summed E-state index contributed by atoms with van der Waals surface area (Å²) in [5.74, 6) is -1.38. The van der Waals surface area contributed by atoms with Crippen LogP contribution in [-0.4, -0.2) is 84.3 Å². The van der Waals surface area contributed by atoms with Gasteiger partial charge in [0.1, 0.15) is 31.0 Å². The Morgan fingerprint density at radius 1 is 1.36 bits per heavy atom. The second-order valence-electron chi connectivity index (χ2n) is 6.55. The smallest absolute Gasteiger partial charge is 0.274 e. The molecule has 28 heavy (non-hydrogen) atoms. The molecule has 2 aromatic heterocycles. The van der Waals surface area contributed by atoms with Crippen molar-refractivity contribution in [3.63, 3.8) is 0 Å². The van der Waals surface area contributed by atoms with Crippen LogP contribution in [0.15, 0.2) is 12.7 Å². The highest BCUT2D eigenvalue weighted by atomic mass is 16.6. The molecule has 2 amide bonds. The van der Waals surface area contributed by atoms with Gasteiger partial charge < -0.3 is 35.8 Å². The molecule has 2 fully saturated rings. The second-order valence-corrected chi connectivity index (χ2v) is 6.55. The number of fused-ring (bicyclic) bond motifs is 1. The number of hydrogen-bond acceptors (Lipinski definition) is 10. The molecule has 4 heterocycles. The molecule has 2 saturated heterocycles. The van der Waals surface area contributed by atoms with Crippen molar-refractivity contribution in [2.45, 2.75) is 36.6 Å². The van der Waals surface area contributed by atoms with Gasteiger partial charge in [0.2, 0.25) is 5.91 Å². The SMILES string of the molecule is NC(=O)[C@@]1(n2cnc3c(NC(=O)CC4CO4)ncnc32)O[C@H](CO)[C@@H](O)[C@H]1O. The van der Waals surface area contributed by atoms with E-state index in [-0.39, 0.29) is 35.4 Å². The summed E-state index contributed by atoms with van der Waals surface area (Å²) in [6.07, 6.45) is -2.33. The van der Waals surface area contributed by atoms with Crippen molar-refractivity contribution in [2.75, 3.05) is 18.5 Å². The average Bonchev–Trinajstić information content (AvgIpc) is 3.29. The molecule has 0 bridgehead atoms. The zero-order chi connectivity index (χ0) is 20.1. The van der Waals surface area contributed by atoms with Gasteiger partial charge in [-0.3, -0.25) is 14.2 Å². The summed E-state index contributed by atoms with van der Waals surface area (Å²) in [7, 11) is 0. The number of carbonyl (C=O) groups is 2. The van der Waals surface area contributed by atoms with E-state index in [1.807, 2.05) is 0 Å². The summed E-state index contributed by atoms with van der Waals surface area (Å²) in [6, 6.07) is 0. The van der Waals surface area contributed by atoms with E-state index >= 15 is 0 Å². The van der Waals surface area contributed by atoms with E-state index in [1.165, 1.54) is 0 Å². The third kappa shape index (κ3) is 2.80. The molecule has 0 spiro atoms. The maximum absolute atomic E-state index is 12.2. The fraction of sp³-hybridized carbons (Fsp3) is 0.533. The van der Waals surface area contributed by atoms with Crippen molar-refractivity contribution < 1.29 is 34.4 Å². The maximum Gasteiger partial charge on any atom is 0.274 e. The maximum atomic E-state index is 12.2. The largest absolute Gasteiger partial charge is 0.394 e. The number of rotatable bonds is 6. The number of ether oxygens (including phenoxy) is 2. The summed E-state index contributed by atoms with van der Waals surface area (Å²) in [6.45, 7) is -0.134. The van der Waals surface area contributed by atoms with Crippen LogP contribution in [0.5, 0.6) is 0 Å². The van der Waals surface area contributed by atoms with E-state index in [0.717, 1.165) is 17.2 Å². The molecule has 2 aliphatic rings. The fourth-order valence-corrected chi connectivity index (χ4v) is 3.22. The first-order valence-corrected chi connectivity index (χ1v) is 8.43. The summed E-state index contributed by atoms with van der Waals surface area (Å²) in [5, 5.41) is 32.5. The highest BCUT2D eigenvalue weighted by Crippen LogP contribution is 2.37. The van der Waals surface area contributed by atoms with Gasteiger partial charge in [-0.05, 0) is 0 Å². The number of nitrogens with zero attached hydrogens (tertiary/aromatic N) is 4. The molecule has 0 radical (unpaired) electrons. The molecule has 150 valence electrons. The summed E-state index contributed by atoms with van der Waals surface area (Å²) in [4.78, 5) is 36.4. The molecule has 0 saturated carbocycles. The van der Waals surface area contributed by atoms with Gasteiger partial charge in [0.05, 0.1) is 25.7 Å². The van der Waals surface area contributed by atoms with Gasteiger partial charge in [-0.2, -0.15) is 0 Å². The molecule has 13 heteroatoms. The van der Waals surface area contributed by atoms with Crippen molar-refractivity contribution >= 4 is 28.8 Å². The van der Waals surface area contributed by atoms with Crippen LogP contribution in [0.2, 0.25) is 0 Å². The number of amides is 2. The van der Waals surface area contributed by atoms with E-state index in [9.17, 15) is 24.9 Å². The Labute approximate surface area is 157 Å². The zero-order valence-electron chi connectivity index (χ0n) is 14.4. The Kier molecular flexibility index (Phi) is 4.47. The lowest BCUT2D eigenvalue weighted by molar-refractivity contribution is -0.172. The van der Waals surface area contributed by atoms with Crippen molar-refractivity contribution in [2.24, 2.45) is 5.73 Å². The standard InChI is InChI=1S/C15H18N6O7/c16-14(26)15(11(25)10(24)7(2-22)28-15)21-5-19-9-12(17-4-18-13(9)21)20-8(23)1-6-3-27-6/h4-7,10-11,22,24-25H,1-3H2,(H2,16,26)(H,17,18,20,23)/t6?,7-,10-,11-,15+/m1/s1. The van der Waals surface area contributed by atoms with Crippen LogP contribution in [-0.2, 0) is 24.8 Å². The third-order valence-corrected chi connectivity index (χ3v) is 4.73. The number of imidazole rings is 1. The number of anilines is 1. The molecule has 2 aliphatic heterocycles. The number of hydrogen-bond donors (Lipinski definition) is 5. The predicted molar refractivity (Wildman–Crippen MR) is 89.5 cm³/mol. The fourth-order valence-electron chi connectivity index (χ4n) is 3.22. The van der Waals surface area contributed by atoms with Gasteiger partial charge in [-0.1, -0.05) is 0 Å². The van der Waals surface area contributed by atoms with E-state index < -0.39 is 36.6 Å². The summed E-state index contributed by atoms with van der Waals surface area (Å²) >= 11 is 0. The monoisotopic (exact) mass is 394 g/mol. The number of nitrogens with two attached hydrogens (primary N) is 1. The number of aliphatic hydroxyl groups excluding tert-OH is 3. The van der Waals surface area contributed by atoms with E-state index in [0.29, 0.717) is 6.61 Å². The van der Waals surface area contributed by atoms with Gasteiger partial charge >= 0.3 is 0 Å². The lowest BCUT2D eigenvalue weighted by Gasteiger charge is -2.30. The molecule has 1 unspecified atom stereocenters. The highest BCUT2D eigenvalue weighted by Gasteiger charge is 2.60. The van der Waals surface area contributed by atoms with Crippen LogP contribution in [0.3, 0.4) is 0 Å². The first-order chi connectivity index (χ1) is 13.4. The van der Waals surface area contributed by atoms with Crippen LogP contribution in [0.25, 0.3) is 11.2 Å².